The Bertz CT molecular complexity index is 1210. The van der Waals surface area contributed by atoms with Crippen LogP contribution in [0.3, 0.4) is 0 Å². The smallest absolute Gasteiger partial charge is 0.276 e. The van der Waals surface area contributed by atoms with Gasteiger partial charge in [0, 0.05) is 23.9 Å². The standard InChI is InChI=1S/C27H33N3O3/c1-17-11-18(2)13-21(12-17)30-25(31)23-15-24-22(14-19(3)33-24)29(23)16-27(30,4)26(32)28-20-9-7-5-6-8-10-20/h11-15,20H,5-10,16H2,1-4H3,(H,28,32). The number of aryl methyl sites for hydroxylation is 3. The number of anilines is 1. The van der Waals surface area contributed by atoms with E-state index in [4.69, 9.17) is 4.42 Å². The van der Waals surface area contributed by atoms with Crippen molar-refractivity contribution < 1.29 is 14.0 Å². The molecule has 1 aliphatic heterocycles. The zero-order chi connectivity index (χ0) is 23.3. The normalized spacial score (nSPS) is 21.8. The summed E-state index contributed by atoms with van der Waals surface area (Å²) in [6, 6.07) is 9.99. The number of hydrogen-bond acceptors (Lipinski definition) is 3. The summed E-state index contributed by atoms with van der Waals surface area (Å²) in [4.78, 5) is 29.6. The lowest BCUT2D eigenvalue weighted by Crippen LogP contribution is -2.65. The Kier molecular flexibility index (Phi) is 5.34. The largest absolute Gasteiger partial charge is 0.460 e. The molecule has 174 valence electrons. The Balaban J connectivity index is 1.61. The molecule has 5 rings (SSSR count). The molecule has 1 unspecified atom stereocenters. The van der Waals surface area contributed by atoms with Crippen LogP contribution in [0.4, 0.5) is 5.69 Å². The molecule has 3 heterocycles. The highest BCUT2D eigenvalue weighted by molar-refractivity contribution is 6.13. The average molecular weight is 448 g/mol. The van der Waals surface area contributed by atoms with Gasteiger partial charge in [0.05, 0.1) is 12.1 Å². The molecule has 1 fully saturated rings. The van der Waals surface area contributed by atoms with E-state index in [0.29, 0.717) is 17.8 Å². The summed E-state index contributed by atoms with van der Waals surface area (Å²) < 4.78 is 7.78. The third kappa shape index (κ3) is 3.75. The predicted molar refractivity (Wildman–Crippen MR) is 130 cm³/mol. The molecule has 2 aromatic heterocycles. The molecular weight excluding hydrogens is 414 g/mol. The minimum absolute atomic E-state index is 0.0883. The van der Waals surface area contributed by atoms with Gasteiger partial charge in [-0.2, -0.15) is 0 Å². The zero-order valence-corrected chi connectivity index (χ0v) is 20.0. The molecule has 33 heavy (non-hydrogen) atoms. The predicted octanol–water partition coefficient (Wildman–Crippen LogP) is 5.42. The molecule has 6 nitrogen and oxygen atoms in total. The molecular formula is C27H33N3O3. The lowest BCUT2D eigenvalue weighted by molar-refractivity contribution is -0.127. The van der Waals surface area contributed by atoms with Crippen LogP contribution in [0.25, 0.3) is 11.1 Å². The van der Waals surface area contributed by atoms with Crippen LogP contribution in [0, 0.1) is 20.8 Å². The lowest BCUT2D eigenvalue weighted by Gasteiger charge is -2.44. The van der Waals surface area contributed by atoms with Crippen molar-refractivity contribution in [2.75, 3.05) is 4.90 Å². The molecule has 0 saturated heterocycles. The van der Waals surface area contributed by atoms with Crippen LogP contribution < -0.4 is 10.2 Å². The first kappa shape index (κ1) is 21.8. The van der Waals surface area contributed by atoms with Crippen LogP contribution in [-0.2, 0) is 11.3 Å². The van der Waals surface area contributed by atoms with E-state index in [1.165, 1.54) is 12.8 Å². The third-order valence-corrected chi connectivity index (χ3v) is 7.24. The van der Waals surface area contributed by atoms with E-state index in [1.54, 1.807) is 4.90 Å². The highest BCUT2D eigenvalue weighted by Gasteiger charge is 2.49. The number of benzene rings is 1. The van der Waals surface area contributed by atoms with Gasteiger partial charge in [0.1, 0.15) is 17.0 Å². The monoisotopic (exact) mass is 447 g/mol. The van der Waals surface area contributed by atoms with Gasteiger partial charge in [-0.15, -0.1) is 0 Å². The number of rotatable bonds is 3. The number of carbonyl (C=O) groups is 2. The second kappa shape index (κ2) is 8.08. The highest BCUT2D eigenvalue weighted by atomic mass is 16.3. The summed E-state index contributed by atoms with van der Waals surface area (Å²) in [5, 5.41) is 3.33. The molecule has 0 bridgehead atoms. The molecule has 1 aromatic carbocycles. The van der Waals surface area contributed by atoms with Gasteiger partial charge >= 0.3 is 0 Å². The Labute approximate surface area is 194 Å². The number of nitrogens with zero attached hydrogens (tertiary/aromatic N) is 2. The molecule has 2 aliphatic rings. The summed E-state index contributed by atoms with van der Waals surface area (Å²) >= 11 is 0. The zero-order valence-electron chi connectivity index (χ0n) is 20.0. The number of aromatic nitrogens is 1. The summed E-state index contributed by atoms with van der Waals surface area (Å²) in [6.45, 7) is 8.22. The van der Waals surface area contributed by atoms with Crippen molar-refractivity contribution in [2.24, 2.45) is 0 Å². The molecule has 1 atom stereocenters. The fourth-order valence-electron chi connectivity index (χ4n) is 5.65. The first-order valence-corrected chi connectivity index (χ1v) is 12.1. The van der Waals surface area contributed by atoms with Crippen molar-refractivity contribution in [3.8, 4) is 0 Å². The minimum Gasteiger partial charge on any atom is -0.460 e. The van der Waals surface area contributed by atoms with E-state index in [1.807, 2.05) is 56.5 Å². The van der Waals surface area contributed by atoms with Crippen molar-refractivity contribution in [3.05, 3.63) is 52.9 Å². The third-order valence-electron chi connectivity index (χ3n) is 7.24. The van der Waals surface area contributed by atoms with Crippen LogP contribution in [0.5, 0.6) is 0 Å². The van der Waals surface area contributed by atoms with E-state index >= 15 is 0 Å². The highest BCUT2D eigenvalue weighted by Crippen LogP contribution is 2.37. The first-order valence-electron chi connectivity index (χ1n) is 12.1. The van der Waals surface area contributed by atoms with Crippen LogP contribution >= 0.6 is 0 Å². The second-order valence-corrected chi connectivity index (χ2v) is 10.1. The first-order chi connectivity index (χ1) is 15.8. The van der Waals surface area contributed by atoms with Gasteiger partial charge in [0.2, 0.25) is 5.91 Å². The summed E-state index contributed by atoms with van der Waals surface area (Å²) in [7, 11) is 0. The van der Waals surface area contributed by atoms with Crippen LogP contribution in [-0.4, -0.2) is 28.0 Å². The number of carbonyl (C=O) groups excluding carboxylic acids is 2. The van der Waals surface area contributed by atoms with E-state index in [9.17, 15) is 9.59 Å². The van der Waals surface area contributed by atoms with E-state index in [-0.39, 0.29) is 17.9 Å². The van der Waals surface area contributed by atoms with Crippen LogP contribution in [0.2, 0.25) is 0 Å². The summed E-state index contributed by atoms with van der Waals surface area (Å²) in [5.74, 6) is 0.535. The Morgan fingerprint density at radius 3 is 2.33 bits per heavy atom. The fraction of sp³-hybridized carbons (Fsp3) is 0.481. The van der Waals surface area contributed by atoms with Crippen molar-refractivity contribution in [1.82, 2.24) is 9.88 Å². The van der Waals surface area contributed by atoms with Crippen LogP contribution in [0.15, 0.2) is 34.7 Å². The summed E-state index contributed by atoms with van der Waals surface area (Å²) in [6.07, 6.45) is 6.72. The molecule has 6 heteroatoms. The molecule has 0 radical (unpaired) electrons. The van der Waals surface area contributed by atoms with E-state index < -0.39 is 5.54 Å². The molecule has 1 N–H and O–H groups in total. The number of furan rings is 1. The maximum Gasteiger partial charge on any atom is 0.276 e. The Morgan fingerprint density at radius 2 is 1.67 bits per heavy atom. The summed E-state index contributed by atoms with van der Waals surface area (Å²) in [5.41, 5.74) is 3.94. The maximum absolute atomic E-state index is 13.9. The van der Waals surface area contributed by atoms with Crippen molar-refractivity contribution in [3.63, 3.8) is 0 Å². The average Bonchev–Trinajstić information content (AvgIpc) is 3.13. The Hall–Kier alpha value is -3.02. The SMILES string of the molecule is Cc1cc(C)cc(N2C(=O)c3cc4oc(C)cc4n3CC2(C)C(=O)NC2CCCCCC2)c1. The lowest BCUT2D eigenvalue weighted by atomic mass is 9.92. The fourth-order valence-corrected chi connectivity index (χ4v) is 5.65. The molecule has 2 amide bonds. The second-order valence-electron chi connectivity index (χ2n) is 10.1. The van der Waals surface area contributed by atoms with Crippen molar-refractivity contribution in [2.45, 2.75) is 84.3 Å². The Morgan fingerprint density at radius 1 is 1.00 bits per heavy atom. The van der Waals surface area contributed by atoms with Gasteiger partial charge < -0.3 is 14.3 Å². The van der Waals surface area contributed by atoms with Gasteiger partial charge in [0.25, 0.3) is 5.91 Å². The molecule has 1 saturated carbocycles. The number of amides is 2. The maximum atomic E-state index is 13.9. The van der Waals surface area contributed by atoms with E-state index in [2.05, 4.69) is 11.4 Å². The molecule has 3 aromatic rings. The number of fused-ring (bicyclic) bond motifs is 3. The number of hydrogen-bond donors (Lipinski definition) is 1. The van der Waals surface area contributed by atoms with E-state index in [0.717, 1.165) is 53.8 Å². The topological polar surface area (TPSA) is 67.5 Å². The van der Waals surface area contributed by atoms with Gasteiger partial charge in [-0.05, 0) is 63.8 Å². The number of nitrogens with one attached hydrogen (secondary N) is 1. The molecule has 0 spiro atoms. The van der Waals surface area contributed by atoms with Gasteiger partial charge in [-0.1, -0.05) is 31.7 Å². The van der Waals surface area contributed by atoms with Gasteiger partial charge in [-0.3, -0.25) is 14.5 Å². The van der Waals surface area contributed by atoms with Gasteiger partial charge in [0.15, 0.2) is 5.58 Å². The van der Waals surface area contributed by atoms with Crippen molar-refractivity contribution >= 4 is 28.6 Å². The van der Waals surface area contributed by atoms with Crippen molar-refractivity contribution in [1.29, 1.82) is 0 Å². The van der Waals surface area contributed by atoms with Gasteiger partial charge in [-0.25, -0.2) is 0 Å². The van der Waals surface area contributed by atoms with Crippen LogP contribution in [0.1, 0.15) is 72.8 Å². The molecule has 1 aliphatic carbocycles. The quantitative estimate of drug-likeness (QED) is 0.545. The minimum atomic E-state index is -1.06.